The van der Waals surface area contributed by atoms with E-state index in [1.165, 1.54) is 11.1 Å². The van der Waals surface area contributed by atoms with E-state index in [0.717, 1.165) is 25.1 Å². The first-order valence-electron chi connectivity index (χ1n) is 8.01. The summed E-state index contributed by atoms with van der Waals surface area (Å²) >= 11 is 0. The van der Waals surface area contributed by atoms with Crippen molar-refractivity contribution >= 4 is 11.5 Å². The lowest BCUT2D eigenvalue weighted by molar-refractivity contribution is -0.116. The molecule has 1 aromatic carbocycles. The molecular formula is C18H20N2O2. The Bertz CT molecular complexity index is 705. The van der Waals surface area contributed by atoms with E-state index in [1.807, 2.05) is 0 Å². The van der Waals surface area contributed by atoms with E-state index in [4.69, 9.17) is 0 Å². The van der Waals surface area contributed by atoms with Gasteiger partial charge in [-0.2, -0.15) is 0 Å². The largest absolute Gasteiger partial charge is 0.411 e. The predicted molar refractivity (Wildman–Crippen MR) is 83.9 cm³/mol. The van der Waals surface area contributed by atoms with Crippen molar-refractivity contribution in [2.75, 3.05) is 6.54 Å². The molecule has 2 atom stereocenters. The summed E-state index contributed by atoms with van der Waals surface area (Å²) in [4.78, 5) is 14.8. The van der Waals surface area contributed by atoms with Crippen LogP contribution in [0.15, 0.2) is 40.7 Å². The van der Waals surface area contributed by atoms with Crippen LogP contribution in [0.1, 0.15) is 43.4 Å². The van der Waals surface area contributed by atoms with Crippen LogP contribution in [0.2, 0.25) is 0 Å². The van der Waals surface area contributed by atoms with E-state index < -0.39 is 0 Å². The van der Waals surface area contributed by atoms with Gasteiger partial charge in [-0.3, -0.25) is 4.79 Å². The Hall–Kier alpha value is -2.10. The molecule has 0 saturated heterocycles. The first-order valence-corrected chi connectivity index (χ1v) is 8.01. The maximum absolute atomic E-state index is 12.5. The highest BCUT2D eigenvalue weighted by molar-refractivity contribution is 6.23. The Morgan fingerprint density at radius 1 is 1.23 bits per heavy atom. The van der Waals surface area contributed by atoms with Crippen LogP contribution < -0.4 is 0 Å². The number of fused-ring (bicyclic) bond motifs is 4. The fraction of sp³-hybridized carbons (Fsp3) is 0.444. The number of carbonyl (C=O) groups is 1. The zero-order valence-corrected chi connectivity index (χ0v) is 12.7. The minimum atomic E-state index is 0.138. The fourth-order valence-electron chi connectivity index (χ4n) is 4.24. The number of rotatable bonds is 0. The lowest BCUT2D eigenvalue weighted by Gasteiger charge is -2.46. The Morgan fingerprint density at radius 2 is 2.05 bits per heavy atom. The number of benzene rings is 1. The number of nitrogens with zero attached hydrogens (tertiary/aromatic N) is 2. The molecule has 0 saturated carbocycles. The zero-order valence-electron chi connectivity index (χ0n) is 12.7. The highest BCUT2D eigenvalue weighted by atomic mass is 16.4. The summed E-state index contributed by atoms with van der Waals surface area (Å²) < 4.78 is 0. The van der Waals surface area contributed by atoms with Gasteiger partial charge in [0.25, 0.3) is 0 Å². The molecule has 1 aromatic rings. The third-order valence-electron chi connectivity index (χ3n) is 5.20. The third-order valence-corrected chi connectivity index (χ3v) is 5.20. The van der Waals surface area contributed by atoms with Crippen LogP contribution in [0.25, 0.3) is 0 Å². The minimum absolute atomic E-state index is 0.138. The van der Waals surface area contributed by atoms with Crippen molar-refractivity contribution < 1.29 is 10.0 Å². The summed E-state index contributed by atoms with van der Waals surface area (Å²) in [6.07, 6.45) is 3.09. The van der Waals surface area contributed by atoms with Crippen LogP contribution in [0.5, 0.6) is 0 Å². The Balaban J connectivity index is 1.85. The van der Waals surface area contributed by atoms with Gasteiger partial charge < -0.3 is 10.1 Å². The van der Waals surface area contributed by atoms with Crippen molar-refractivity contribution in [2.24, 2.45) is 11.1 Å². The Kier molecular flexibility index (Phi) is 3.06. The van der Waals surface area contributed by atoms with Gasteiger partial charge in [0.2, 0.25) is 0 Å². The minimum Gasteiger partial charge on any atom is -0.411 e. The Labute approximate surface area is 130 Å². The molecule has 4 nitrogen and oxygen atoms in total. The van der Waals surface area contributed by atoms with Crippen LogP contribution in [0.4, 0.5) is 0 Å². The molecule has 0 spiro atoms. The van der Waals surface area contributed by atoms with Crippen LogP contribution in [0.3, 0.4) is 0 Å². The van der Waals surface area contributed by atoms with Crippen LogP contribution >= 0.6 is 0 Å². The summed E-state index contributed by atoms with van der Waals surface area (Å²) in [7, 11) is 0. The van der Waals surface area contributed by atoms with E-state index in [9.17, 15) is 10.0 Å². The maximum Gasteiger partial charge on any atom is 0.166 e. The van der Waals surface area contributed by atoms with Crippen molar-refractivity contribution in [3.63, 3.8) is 0 Å². The zero-order chi connectivity index (χ0) is 15.3. The number of hydrogen-bond acceptors (Lipinski definition) is 4. The van der Waals surface area contributed by atoms with E-state index in [2.05, 4.69) is 41.2 Å². The van der Waals surface area contributed by atoms with Gasteiger partial charge in [-0.25, -0.2) is 0 Å². The lowest BCUT2D eigenvalue weighted by Crippen LogP contribution is -2.44. The fourth-order valence-corrected chi connectivity index (χ4v) is 4.24. The van der Waals surface area contributed by atoms with Gasteiger partial charge in [0.05, 0.1) is 17.3 Å². The number of ketones is 1. The van der Waals surface area contributed by atoms with Crippen molar-refractivity contribution in [3.05, 3.63) is 46.7 Å². The smallest absolute Gasteiger partial charge is 0.166 e. The summed E-state index contributed by atoms with van der Waals surface area (Å²) in [6.45, 7) is 3.07. The monoisotopic (exact) mass is 296 g/mol. The predicted octanol–water partition coefficient (Wildman–Crippen LogP) is 3.07. The van der Waals surface area contributed by atoms with Crippen molar-refractivity contribution in [2.45, 2.75) is 38.6 Å². The molecule has 0 fully saturated rings. The van der Waals surface area contributed by atoms with Crippen LogP contribution in [-0.4, -0.2) is 28.1 Å². The van der Waals surface area contributed by atoms with Crippen LogP contribution in [-0.2, 0) is 11.2 Å². The molecule has 0 radical (unpaired) electrons. The van der Waals surface area contributed by atoms with E-state index in [0.29, 0.717) is 30.0 Å². The summed E-state index contributed by atoms with van der Waals surface area (Å²) in [5, 5.41) is 12.9. The molecule has 1 N–H and O–H groups in total. The normalized spacial score (nSPS) is 29.2. The maximum atomic E-state index is 12.5. The second-order valence-electron chi connectivity index (χ2n) is 6.67. The molecule has 0 bridgehead atoms. The first-order chi connectivity index (χ1) is 10.7. The van der Waals surface area contributed by atoms with E-state index in [-0.39, 0.29) is 11.8 Å². The first kappa shape index (κ1) is 13.6. The standard InChI is InChI=1S/C18H20N2O2/c1-11-8-16-18(17(21)9-11)14(19-22)10-15-13-5-3-2-4-12(13)6-7-20(15)16/h2-5,11,15,22H,6-10H2,1H3/b19-14-/t11-,15+/m0/s1. The molecule has 22 heavy (non-hydrogen) atoms. The van der Waals surface area contributed by atoms with Gasteiger partial charge in [0.15, 0.2) is 5.78 Å². The number of allylic oxidation sites excluding steroid dienone is 2. The summed E-state index contributed by atoms with van der Waals surface area (Å²) in [6, 6.07) is 8.70. The molecule has 4 heteroatoms. The topological polar surface area (TPSA) is 52.9 Å². The molecule has 114 valence electrons. The molecule has 0 unspecified atom stereocenters. The second-order valence-corrected chi connectivity index (χ2v) is 6.67. The second kappa shape index (κ2) is 4.97. The van der Waals surface area contributed by atoms with Gasteiger partial charge in [0.1, 0.15) is 0 Å². The molecule has 3 aliphatic rings. The number of carbonyl (C=O) groups excluding carboxylic acids is 1. The van der Waals surface area contributed by atoms with E-state index >= 15 is 0 Å². The lowest BCUT2D eigenvalue weighted by atomic mass is 9.77. The van der Waals surface area contributed by atoms with Gasteiger partial charge in [-0.05, 0) is 29.9 Å². The molecule has 4 rings (SSSR count). The Morgan fingerprint density at radius 3 is 2.86 bits per heavy atom. The van der Waals surface area contributed by atoms with Crippen molar-refractivity contribution in [3.8, 4) is 0 Å². The van der Waals surface area contributed by atoms with Crippen molar-refractivity contribution in [1.82, 2.24) is 4.90 Å². The highest BCUT2D eigenvalue weighted by Gasteiger charge is 2.41. The van der Waals surface area contributed by atoms with Gasteiger partial charge in [-0.15, -0.1) is 0 Å². The average molecular weight is 296 g/mol. The molecule has 2 aliphatic heterocycles. The summed E-state index contributed by atoms with van der Waals surface area (Å²) in [5.41, 5.74) is 5.05. The summed E-state index contributed by atoms with van der Waals surface area (Å²) in [5.74, 6) is 0.501. The highest BCUT2D eigenvalue weighted by Crippen LogP contribution is 2.44. The van der Waals surface area contributed by atoms with Gasteiger partial charge in [-0.1, -0.05) is 36.3 Å². The van der Waals surface area contributed by atoms with Gasteiger partial charge >= 0.3 is 0 Å². The van der Waals surface area contributed by atoms with E-state index in [1.54, 1.807) is 0 Å². The molecule has 1 aliphatic carbocycles. The average Bonchev–Trinajstić information content (AvgIpc) is 2.53. The van der Waals surface area contributed by atoms with Gasteiger partial charge in [0, 0.05) is 25.1 Å². The van der Waals surface area contributed by atoms with Crippen LogP contribution in [0, 0.1) is 5.92 Å². The SMILES string of the molecule is C[C@@H]1CC(=O)C2=C(C1)N1CCc3ccccc3[C@H]1C/C2=N/O. The molecule has 0 aromatic heterocycles. The molecular weight excluding hydrogens is 276 g/mol. The quantitative estimate of drug-likeness (QED) is 0.591. The number of oxime groups is 1. The number of hydrogen-bond donors (Lipinski definition) is 1. The number of Topliss-reactive ketones (excluding diaryl/α,β-unsaturated/α-hetero) is 1. The van der Waals surface area contributed by atoms with Crippen molar-refractivity contribution in [1.29, 1.82) is 0 Å². The molecule has 0 amide bonds. The molecule has 2 heterocycles. The third kappa shape index (κ3) is 1.90.